The summed E-state index contributed by atoms with van der Waals surface area (Å²) >= 11 is 0. The van der Waals surface area contributed by atoms with E-state index in [1.165, 1.54) is 0 Å². The van der Waals surface area contributed by atoms with Crippen molar-refractivity contribution in [1.29, 1.82) is 5.26 Å². The van der Waals surface area contributed by atoms with Gasteiger partial charge in [-0.3, -0.25) is 5.01 Å². The number of hydrogen-bond acceptors (Lipinski definition) is 6. The van der Waals surface area contributed by atoms with E-state index in [1.807, 2.05) is 101 Å². The summed E-state index contributed by atoms with van der Waals surface area (Å²) in [6, 6.07) is 35.6. The highest BCUT2D eigenvalue weighted by Gasteiger charge is 2.14. The highest BCUT2D eigenvalue weighted by molar-refractivity contribution is 5.51. The molecule has 0 saturated carbocycles. The van der Waals surface area contributed by atoms with Gasteiger partial charge in [-0.05, 0) is 53.1 Å². The number of nitrogens with zero attached hydrogens (tertiary/aromatic N) is 5. The molecule has 0 fully saturated rings. The number of hydrogen-bond donors (Lipinski definition) is 0. The Labute approximate surface area is 215 Å². The molecule has 7 heteroatoms. The lowest BCUT2D eigenvalue weighted by Gasteiger charge is -2.25. The fraction of sp³-hybridized carbons (Fsp3) is 0.100. The Kier molecular flexibility index (Phi) is 7.39. The molecule has 1 aromatic heterocycles. The molecule has 0 amide bonds. The molecule has 0 radical (unpaired) electrons. The molecule has 182 valence electrons. The maximum absolute atomic E-state index is 9.18. The summed E-state index contributed by atoms with van der Waals surface area (Å²) in [4.78, 5) is 0. The van der Waals surface area contributed by atoms with Gasteiger partial charge in [-0.25, -0.2) is 4.68 Å². The molecule has 0 N–H and O–H groups in total. The molecule has 0 atom stereocenters. The zero-order valence-electron chi connectivity index (χ0n) is 20.1. The molecular weight excluding hydrogens is 462 g/mol. The fourth-order valence-corrected chi connectivity index (χ4v) is 3.86. The average Bonchev–Trinajstić information content (AvgIpc) is 3.50. The largest absolute Gasteiger partial charge is 0.485 e. The van der Waals surface area contributed by atoms with Crippen LogP contribution in [0.1, 0.15) is 22.3 Å². The van der Waals surface area contributed by atoms with Crippen molar-refractivity contribution in [3.05, 3.63) is 138 Å². The number of ether oxygens (including phenoxy) is 2. The number of benzene rings is 4. The molecule has 37 heavy (non-hydrogen) atoms. The lowest BCUT2D eigenvalue weighted by molar-refractivity contribution is 0.255. The van der Waals surface area contributed by atoms with E-state index in [9.17, 15) is 5.26 Å². The van der Waals surface area contributed by atoms with Gasteiger partial charge >= 0.3 is 0 Å². The van der Waals surface area contributed by atoms with Crippen LogP contribution in [0.25, 0.3) is 0 Å². The van der Waals surface area contributed by atoms with Gasteiger partial charge in [0.25, 0.3) is 0 Å². The molecular formula is C30H25N5O2. The van der Waals surface area contributed by atoms with Crippen LogP contribution < -0.4 is 14.5 Å². The summed E-state index contributed by atoms with van der Waals surface area (Å²) in [6.45, 7) is 1.39. The van der Waals surface area contributed by atoms with E-state index < -0.39 is 0 Å². The van der Waals surface area contributed by atoms with E-state index in [0.717, 1.165) is 22.4 Å². The van der Waals surface area contributed by atoms with Gasteiger partial charge in [-0.1, -0.05) is 66.7 Å². The highest BCUT2D eigenvalue weighted by atomic mass is 16.5. The molecule has 0 aliphatic carbocycles. The number of anilines is 1. The van der Waals surface area contributed by atoms with E-state index in [2.05, 4.69) is 16.3 Å². The molecule has 4 aromatic carbocycles. The Bertz CT molecular complexity index is 1450. The molecule has 5 rings (SSSR count). The predicted octanol–water partition coefficient (Wildman–Crippen LogP) is 5.78. The zero-order chi connectivity index (χ0) is 25.3. The SMILES string of the molecule is N#Cc1ccc(N(Cc2ccc(OCc3ccccc3)c(OCc3ccccc3)c2)n2cnnc2)cc1. The Morgan fingerprint density at radius 1 is 0.676 bits per heavy atom. The first kappa shape index (κ1) is 23.6. The van der Waals surface area contributed by atoms with Crippen molar-refractivity contribution in [3.8, 4) is 17.6 Å². The first-order chi connectivity index (χ1) is 18.3. The third-order valence-electron chi connectivity index (χ3n) is 5.79. The standard InChI is InChI=1S/C30H25N5O2/c31-18-24-11-14-28(15-12-24)35(34-22-32-33-23-34)19-27-13-16-29(36-20-25-7-3-1-4-8-25)30(17-27)37-21-26-9-5-2-6-10-26/h1-17,22-23H,19-21H2. The van der Waals surface area contributed by atoms with Gasteiger partial charge in [0.15, 0.2) is 11.5 Å². The van der Waals surface area contributed by atoms with Crippen LogP contribution in [0.15, 0.2) is 116 Å². The van der Waals surface area contributed by atoms with Crippen LogP contribution in [-0.2, 0) is 19.8 Å². The van der Waals surface area contributed by atoms with Crippen molar-refractivity contribution in [2.75, 3.05) is 5.01 Å². The van der Waals surface area contributed by atoms with Gasteiger partial charge < -0.3 is 9.47 Å². The zero-order valence-corrected chi connectivity index (χ0v) is 20.1. The quantitative estimate of drug-likeness (QED) is 0.249. The third-order valence-corrected chi connectivity index (χ3v) is 5.79. The normalized spacial score (nSPS) is 10.5. The molecule has 0 aliphatic heterocycles. The van der Waals surface area contributed by atoms with Crippen LogP contribution in [0, 0.1) is 11.3 Å². The number of aromatic nitrogens is 3. The Balaban J connectivity index is 1.41. The molecule has 0 unspecified atom stereocenters. The average molecular weight is 488 g/mol. The van der Waals surface area contributed by atoms with Gasteiger partial charge in [0.1, 0.15) is 25.9 Å². The number of rotatable bonds is 10. The van der Waals surface area contributed by atoms with Gasteiger partial charge in [0.05, 0.1) is 23.9 Å². The van der Waals surface area contributed by atoms with E-state index in [-0.39, 0.29) is 0 Å². The van der Waals surface area contributed by atoms with Crippen molar-refractivity contribution >= 4 is 5.69 Å². The van der Waals surface area contributed by atoms with Crippen molar-refractivity contribution in [2.45, 2.75) is 19.8 Å². The van der Waals surface area contributed by atoms with Crippen molar-refractivity contribution < 1.29 is 9.47 Å². The van der Waals surface area contributed by atoms with Gasteiger partial charge in [-0.2, -0.15) is 5.26 Å². The maximum Gasteiger partial charge on any atom is 0.162 e. The Morgan fingerprint density at radius 2 is 1.27 bits per heavy atom. The first-order valence-corrected chi connectivity index (χ1v) is 11.9. The van der Waals surface area contributed by atoms with Gasteiger partial charge in [0.2, 0.25) is 0 Å². The smallest absolute Gasteiger partial charge is 0.162 e. The van der Waals surface area contributed by atoms with E-state index in [4.69, 9.17) is 9.47 Å². The summed E-state index contributed by atoms with van der Waals surface area (Å²) in [5.41, 5.74) is 4.66. The first-order valence-electron chi connectivity index (χ1n) is 11.9. The van der Waals surface area contributed by atoms with Crippen molar-refractivity contribution in [1.82, 2.24) is 14.9 Å². The Hall–Kier alpha value is -5.09. The molecule has 1 heterocycles. The summed E-state index contributed by atoms with van der Waals surface area (Å²) in [5, 5.41) is 19.1. The van der Waals surface area contributed by atoms with Crippen LogP contribution >= 0.6 is 0 Å². The molecule has 5 aromatic rings. The minimum atomic E-state index is 0.427. The van der Waals surface area contributed by atoms with Crippen LogP contribution in [0.4, 0.5) is 5.69 Å². The summed E-state index contributed by atoms with van der Waals surface area (Å²) in [5.74, 6) is 1.35. The second-order valence-electron chi connectivity index (χ2n) is 8.39. The van der Waals surface area contributed by atoms with Crippen LogP contribution in [0.3, 0.4) is 0 Å². The second-order valence-corrected chi connectivity index (χ2v) is 8.39. The summed E-state index contributed by atoms with van der Waals surface area (Å²) in [7, 11) is 0. The minimum absolute atomic E-state index is 0.427. The van der Waals surface area contributed by atoms with Crippen LogP contribution in [0.2, 0.25) is 0 Å². The lowest BCUT2D eigenvalue weighted by atomic mass is 10.1. The van der Waals surface area contributed by atoms with Crippen molar-refractivity contribution in [2.24, 2.45) is 0 Å². The van der Waals surface area contributed by atoms with E-state index >= 15 is 0 Å². The summed E-state index contributed by atoms with van der Waals surface area (Å²) < 4.78 is 14.2. The minimum Gasteiger partial charge on any atom is -0.485 e. The van der Waals surface area contributed by atoms with Gasteiger partial charge in [-0.15, -0.1) is 10.2 Å². The van der Waals surface area contributed by atoms with E-state index in [1.54, 1.807) is 24.8 Å². The third kappa shape index (κ3) is 6.13. The van der Waals surface area contributed by atoms with Gasteiger partial charge in [0, 0.05) is 0 Å². The lowest BCUT2D eigenvalue weighted by Crippen LogP contribution is -2.27. The van der Waals surface area contributed by atoms with E-state index in [0.29, 0.717) is 36.8 Å². The molecule has 0 spiro atoms. The molecule has 0 bridgehead atoms. The predicted molar refractivity (Wildman–Crippen MR) is 141 cm³/mol. The molecule has 0 aliphatic rings. The molecule has 7 nitrogen and oxygen atoms in total. The monoisotopic (exact) mass is 487 g/mol. The fourth-order valence-electron chi connectivity index (χ4n) is 3.86. The topological polar surface area (TPSA) is 76.2 Å². The summed E-state index contributed by atoms with van der Waals surface area (Å²) in [6.07, 6.45) is 3.28. The maximum atomic E-state index is 9.18. The number of nitriles is 1. The Morgan fingerprint density at radius 3 is 1.86 bits per heavy atom. The highest BCUT2D eigenvalue weighted by Crippen LogP contribution is 2.31. The van der Waals surface area contributed by atoms with Crippen molar-refractivity contribution in [3.63, 3.8) is 0 Å². The van der Waals surface area contributed by atoms with Crippen LogP contribution in [-0.4, -0.2) is 14.9 Å². The second kappa shape index (κ2) is 11.6. The van der Waals surface area contributed by atoms with Crippen LogP contribution in [0.5, 0.6) is 11.5 Å². The molecule has 0 saturated heterocycles.